The Balaban J connectivity index is 1.53. The number of benzene rings is 2. The number of halogens is 1. The maximum absolute atomic E-state index is 12.8. The van der Waals surface area contributed by atoms with E-state index in [1.807, 2.05) is 29.2 Å². The molecule has 124 valence electrons. The van der Waals surface area contributed by atoms with Crippen LogP contribution >= 0.6 is 11.6 Å². The van der Waals surface area contributed by atoms with E-state index >= 15 is 0 Å². The summed E-state index contributed by atoms with van der Waals surface area (Å²) in [6, 6.07) is 16.0. The third-order valence-corrected chi connectivity index (χ3v) is 5.33. The number of nitrogens with zero attached hydrogens (tertiary/aromatic N) is 1. The molecular weight excluding hydrogens is 322 g/mol. The minimum atomic E-state index is -0.137. The van der Waals surface area contributed by atoms with Gasteiger partial charge in [0.1, 0.15) is 0 Å². The van der Waals surface area contributed by atoms with Gasteiger partial charge in [-0.25, -0.2) is 0 Å². The Labute approximate surface area is 146 Å². The van der Waals surface area contributed by atoms with Crippen molar-refractivity contribution in [1.29, 1.82) is 0 Å². The quantitative estimate of drug-likeness (QED) is 0.902. The van der Waals surface area contributed by atoms with Crippen LogP contribution in [0.2, 0.25) is 5.02 Å². The van der Waals surface area contributed by atoms with Crippen LogP contribution in [-0.4, -0.2) is 25.5 Å². The summed E-state index contributed by atoms with van der Waals surface area (Å²) in [4.78, 5) is 14.7. The first kappa shape index (κ1) is 15.6. The molecule has 2 N–H and O–H groups in total. The molecule has 4 nitrogen and oxygen atoms in total. The van der Waals surface area contributed by atoms with Crippen molar-refractivity contribution in [3.8, 4) is 0 Å². The van der Waals surface area contributed by atoms with Gasteiger partial charge in [0.2, 0.25) is 5.91 Å². The number of hydrazine groups is 1. The van der Waals surface area contributed by atoms with Crippen molar-refractivity contribution in [1.82, 2.24) is 10.9 Å². The molecule has 0 spiro atoms. The second kappa shape index (κ2) is 6.55. The van der Waals surface area contributed by atoms with Crippen molar-refractivity contribution in [2.45, 2.75) is 18.3 Å². The second-order valence-corrected chi connectivity index (χ2v) is 6.81. The van der Waals surface area contributed by atoms with Gasteiger partial charge >= 0.3 is 0 Å². The van der Waals surface area contributed by atoms with Gasteiger partial charge in [-0.15, -0.1) is 0 Å². The van der Waals surface area contributed by atoms with Gasteiger partial charge in [-0.05, 0) is 35.7 Å². The lowest BCUT2D eigenvalue weighted by Gasteiger charge is -2.18. The minimum Gasteiger partial charge on any atom is -0.312 e. The molecule has 0 saturated carbocycles. The van der Waals surface area contributed by atoms with Crippen molar-refractivity contribution in [3.63, 3.8) is 0 Å². The monoisotopic (exact) mass is 341 g/mol. The van der Waals surface area contributed by atoms with E-state index in [0.29, 0.717) is 10.9 Å². The largest absolute Gasteiger partial charge is 0.312 e. The number of carbonyl (C=O) groups excluding carboxylic acids is 1. The first-order valence-corrected chi connectivity index (χ1v) is 8.73. The van der Waals surface area contributed by atoms with E-state index in [-0.39, 0.29) is 11.8 Å². The molecule has 2 aliphatic rings. The predicted molar refractivity (Wildman–Crippen MR) is 96.4 cm³/mol. The average Bonchev–Trinajstić information content (AvgIpc) is 3.26. The minimum absolute atomic E-state index is 0.137. The molecule has 1 unspecified atom stereocenters. The molecule has 1 amide bonds. The lowest BCUT2D eigenvalue weighted by molar-refractivity contribution is -0.118. The van der Waals surface area contributed by atoms with Crippen LogP contribution in [0.3, 0.4) is 0 Å². The van der Waals surface area contributed by atoms with E-state index in [9.17, 15) is 4.79 Å². The molecule has 5 heteroatoms. The van der Waals surface area contributed by atoms with Crippen LogP contribution in [0.15, 0.2) is 48.5 Å². The van der Waals surface area contributed by atoms with Crippen molar-refractivity contribution in [2.24, 2.45) is 0 Å². The van der Waals surface area contributed by atoms with Gasteiger partial charge in [-0.3, -0.25) is 15.6 Å². The van der Waals surface area contributed by atoms with Crippen LogP contribution in [0.1, 0.15) is 29.4 Å². The first-order valence-electron chi connectivity index (χ1n) is 8.35. The molecule has 24 heavy (non-hydrogen) atoms. The Hall–Kier alpha value is -1.88. The summed E-state index contributed by atoms with van der Waals surface area (Å²) < 4.78 is 0. The van der Waals surface area contributed by atoms with Gasteiger partial charge in [-0.1, -0.05) is 41.9 Å². The van der Waals surface area contributed by atoms with E-state index in [1.165, 1.54) is 5.56 Å². The summed E-state index contributed by atoms with van der Waals surface area (Å²) in [5, 5.41) is 0.675. The normalized spacial score (nSPS) is 21.6. The van der Waals surface area contributed by atoms with Crippen LogP contribution in [0, 0.1) is 0 Å². The molecule has 2 saturated heterocycles. The zero-order valence-electron chi connectivity index (χ0n) is 13.3. The third kappa shape index (κ3) is 2.81. The van der Waals surface area contributed by atoms with Crippen molar-refractivity contribution in [3.05, 3.63) is 64.7 Å². The molecule has 0 aromatic heterocycles. The highest BCUT2D eigenvalue weighted by Crippen LogP contribution is 2.35. The number of rotatable bonds is 3. The maximum Gasteiger partial charge on any atom is 0.234 e. The maximum atomic E-state index is 12.8. The lowest BCUT2D eigenvalue weighted by Crippen LogP contribution is -2.26. The van der Waals surface area contributed by atoms with Crippen LogP contribution in [0.4, 0.5) is 5.69 Å². The fraction of sp³-hybridized carbons (Fsp3) is 0.316. The summed E-state index contributed by atoms with van der Waals surface area (Å²) in [6.07, 6.45) is 0.806. The Morgan fingerprint density at radius 3 is 2.42 bits per heavy atom. The van der Waals surface area contributed by atoms with Gasteiger partial charge in [0.25, 0.3) is 0 Å². The average molecular weight is 342 g/mol. The SMILES string of the molecule is O=C1C(c2ccccc2Cl)CCN1c1ccc(C2CNNC2)cc1. The number of amides is 1. The summed E-state index contributed by atoms with van der Waals surface area (Å²) in [5.74, 6) is 0.492. The van der Waals surface area contributed by atoms with E-state index in [0.717, 1.165) is 37.3 Å². The number of hydrogen-bond acceptors (Lipinski definition) is 3. The van der Waals surface area contributed by atoms with Crippen LogP contribution in [0.25, 0.3) is 0 Å². The molecule has 4 rings (SSSR count). The van der Waals surface area contributed by atoms with Crippen LogP contribution in [-0.2, 0) is 4.79 Å². The smallest absolute Gasteiger partial charge is 0.234 e. The van der Waals surface area contributed by atoms with Gasteiger partial charge in [0.15, 0.2) is 0 Å². The van der Waals surface area contributed by atoms with Crippen molar-refractivity contribution < 1.29 is 4.79 Å². The molecule has 2 heterocycles. The standard InChI is InChI=1S/C19H20ClN3O/c20-18-4-2-1-3-16(18)17-9-10-23(19(17)24)15-7-5-13(6-8-15)14-11-21-22-12-14/h1-8,14,17,21-22H,9-12H2. The molecule has 2 aromatic rings. The summed E-state index contributed by atoms with van der Waals surface area (Å²) >= 11 is 6.27. The molecule has 2 aliphatic heterocycles. The lowest BCUT2D eigenvalue weighted by atomic mass is 9.97. The molecule has 0 radical (unpaired) electrons. The topological polar surface area (TPSA) is 44.4 Å². The Bertz CT molecular complexity index is 741. The third-order valence-electron chi connectivity index (χ3n) is 4.98. The van der Waals surface area contributed by atoms with E-state index in [1.54, 1.807) is 0 Å². The number of hydrogen-bond donors (Lipinski definition) is 2. The molecular formula is C19H20ClN3O. The zero-order chi connectivity index (χ0) is 16.5. The van der Waals surface area contributed by atoms with Crippen molar-refractivity contribution in [2.75, 3.05) is 24.5 Å². The fourth-order valence-electron chi connectivity index (χ4n) is 3.61. The van der Waals surface area contributed by atoms with Gasteiger partial charge in [0, 0.05) is 36.3 Å². The molecule has 2 fully saturated rings. The fourth-order valence-corrected chi connectivity index (χ4v) is 3.88. The number of nitrogens with one attached hydrogen (secondary N) is 2. The van der Waals surface area contributed by atoms with Crippen molar-refractivity contribution >= 4 is 23.2 Å². The number of anilines is 1. The molecule has 1 atom stereocenters. The Morgan fingerprint density at radius 2 is 1.71 bits per heavy atom. The predicted octanol–water partition coefficient (Wildman–Crippen LogP) is 3.05. The molecule has 0 bridgehead atoms. The highest BCUT2D eigenvalue weighted by molar-refractivity contribution is 6.31. The van der Waals surface area contributed by atoms with Crippen LogP contribution in [0.5, 0.6) is 0 Å². The molecule has 2 aromatic carbocycles. The van der Waals surface area contributed by atoms with Gasteiger partial charge in [0.05, 0.1) is 5.92 Å². The Kier molecular flexibility index (Phi) is 4.27. The number of carbonyl (C=O) groups is 1. The van der Waals surface area contributed by atoms with E-state index < -0.39 is 0 Å². The Morgan fingerprint density at radius 1 is 1.00 bits per heavy atom. The summed E-state index contributed by atoms with van der Waals surface area (Å²) in [5.41, 5.74) is 9.50. The summed E-state index contributed by atoms with van der Waals surface area (Å²) in [6.45, 7) is 2.62. The van der Waals surface area contributed by atoms with Gasteiger partial charge in [-0.2, -0.15) is 0 Å². The van der Waals surface area contributed by atoms with E-state index in [2.05, 4.69) is 35.1 Å². The zero-order valence-corrected chi connectivity index (χ0v) is 14.1. The molecule has 0 aliphatic carbocycles. The highest BCUT2D eigenvalue weighted by atomic mass is 35.5. The second-order valence-electron chi connectivity index (χ2n) is 6.40. The highest BCUT2D eigenvalue weighted by Gasteiger charge is 2.34. The van der Waals surface area contributed by atoms with E-state index in [4.69, 9.17) is 11.6 Å². The van der Waals surface area contributed by atoms with Crippen LogP contribution < -0.4 is 15.8 Å². The van der Waals surface area contributed by atoms with Gasteiger partial charge < -0.3 is 4.90 Å². The first-order chi connectivity index (χ1) is 11.7. The summed E-state index contributed by atoms with van der Waals surface area (Å²) in [7, 11) is 0.